The molecule has 0 radical (unpaired) electrons. The number of benzene rings is 9. The van der Waals surface area contributed by atoms with E-state index in [1.807, 2.05) is 60.7 Å². The number of rotatable bonds is 5. The van der Waals surface area contributed by atoms with Gasteiger partial charge in [-0.15, -0.1) is 0 Å². The van der Waals surface area contributed by atoms with E-state index in [9.17, 15) is 0 Å². The van der Waals surface area contributed by atoms with Crippen molar-refractivity contribution in [2.45, 2.75) is 0 Å². The molecule has 3 heterocycles. The maximum Gasteiger partial charge on any atom is 0.238 e. The van der Waals surface area contributed by atoms with Crippen molar-refractivity contribution in [3.8, 4) is 51.0 Å². The van der Waals surface area contributed by atoms with Crippen LogP contribution < -0.4 is 4.90 Å². The van der Waals surface area contributed by atoms with Crippen LogP contribution in [0, 0.1) is 0 Å². The van der Waals surface area contributed by atoms with Gasteiger partial charge in [-0.05, 0) is 76.0 Å². The predicted octanol–water partition coefficient (Wildman–Crippen LogP) is 14.5. The molecule has 0 spiro atoms. The summed E-state index contributed by atoms with van der Waals surface area (Å²) in [6.07, 6.45) is 0. The second-order valence-electron chi connectivity index (χ2n) is 15.0. The topological polar surface area (TPSA) is 46.8 Å². The fourth-order valence-electron chi connectivity index (χ4n) is 8.98. The summed E-state index contributed by atoms with van der Waals surface area (Å²) in [5.41, 5.74) is 12.1. The number of aromatic nitrogens is 4. The Hall–Kier alpha value is -7.41. The van der Waals surface area contributed by atoms with Crippen molar-refractivity contribution in [1.29, 1.82) is 0 Å². The first kappa shape index (κ1) is 33.7. The second-order valence-corrected chi connectivity index (χ2v) is 15.8. The highest BCUT2D eigenvalue weighted by molar-refractivity contribution is 9.10. The zero-order chi connectivity index (χ0) is 39.0. The summed E-state index contributed by atoms with van der Waals surface area (Å²) < 4.78 is 3.26. The van der Waals surface area contributed by atoms with Crippen molar-refractivity contribution in [2.75, 3.05) is 4.90 Å². The summed E-state index contributed by atoms with van der Waals surface area (Å²) in [4.78, 5) is 17.7. The molecule has 0 bridgehead atoms. The van der Waals surface area contributed by atoms with E-state index in [1.54, 1.807) is 0 Å². The molecule has 0 saturated carbocycles. The van der Waals surface area contributed by atoms with Crippen LogP contribution in [-0.2, 0) is 0 Å². The minimum atomic E-state index is 0.581. The van der Waals surface area contributed by atoms with Gasteiger partial charge in [-0.25, -0.2) is 4.98 Å². The van der Waals surface area contributed by atoms with E-state index in [0.717, 1.165) is 59.9 Å². The molecule has 2 aromatic heterocycles. The lowest BCUT2D eigenvalue weighted by atomic mass is 9.88. The SMILES string of the molecule is Brc1cccc2cccc(N3c4ccc(-c5ccc6c(c5)c5ccccc5n6-c5nc(-c6ccccc6)nc(-c6ccccc6)n5)cc4-c4cccc5cccc3c45)c12. The molecule has 5 nitrogen and oxygen atoms in total. The molecule has 0 amide bonds. The molecular formula is C53H32BrN5. The minimum Gasteiger partial charge on any atom is -0.309 e. The molecule has 0 N–H and O–H groups in total. The van der Waals surface area contributed by atoms with E-state index in [1.165, 1.54) is 38.4 Å². The minimum absolute atomic E-state index is 0.581. The Bertz CT molecular complexity index is 3400. The van der Waals surface area contributed by atoms with E-state index in [-0.39, 0.29) is 0 Å². The summed E-state index contributed by atoms with van der Waals surface area (Å²) in [7, 11) is 0. The smallest absolute Gasteiger partial charge is 0.238 e. The number of nitrogens with zero attached hydrogens (tertiary/aromatic N) is 5. The first-order valence-corrected chi connectivity index (χ1v) is 20.5. The summed E-state index contributed by atoms with van der Waals surface area (Å²) in [6.45, 7) is 0. The molecule has 6 heteroatoms. The molecule has 0 aliphatic carbocycles. The molecule has 59 heavy (non-hydrogen) atoms. The largest absolute Gasteiger partial charge is 0.309 e. The van der Waals surface area contributed by atoms with Crippen LogP contribution in [0.25, 0.3) is 94.3 Å². The summed E-state index contributed by atoms with van der Waals surface area (Å²) >= 11 is 3.91. The van der Waals surface area contributed by atoms with E-state index in [2.05, 4.69) is 159 Å². The van der Waals surface area contributed by atoms with Crippen LogP contribution in [0.2, 0.25) is 0 Å². The van der Waals surface area contributed by atoms with Crippen LogP contribution in [0.5, 0.6) is 0 Å². The lowest BCUT2D eigenvalue weighted by Gasteiger charge is -2.34. The zero-order valence-corrected chi connectivity index (χ0v) is 33.2. The Morgan fingerprint density at radius 3 is 1.68 bits per heavy atom. The molecule has 0 unspecified atom stereocenters. The van der Waals surface area contributed by atoms with Crippen LogP contribution in [0.3, 0.4) is 0 Å². The monoisotopic (exact) mass is 817 g/mol. The highest BCUT2D eigenvalue weighted by Crippen LogP contribution is 2.53. The molecule has 276 valence electrons. The standard InChI is InChI=1S/C53H32BrN5/c54-43-23-10-18-34-20-12-26-48(50(34)43)58-45-29-27-38(32-42(45)40-22-9-17-33-19-11-25-47(58)49(33)40)37-28-30-46-41(31-37)39-21-7-8-24-44(39)59(46)53-56-51(35-13-3-1-4-14-35)55-52(57-53)36-15-5-2-6-16-36/h1-32H. The lowest BCUT2D eigenvalue weighted by Crippen LogP contribution is -2.15. The van der Waals surface area contributed by atoms with E-state index >= 15 is 0 Å². The highest BCUT2D eigenvalue weighted by atomic mass is 79.9. The van der Waals surface area contributed by atoms with Crippen LogP contribution in [0.15, 0.2) is 199 Å². The number of hydrogen-bond acceptors (Lipinski definition) is 4. The maximum atomic E-state index is 5.13. The fraction of sp³-hybridized carbons (Fsp3) is 0. The van der Waals surface area contributed by atoms with Gasteiger partial charge in [-0.2, -0.15) is 9.97 Å². The normalized spacial score (nSPS) is 12.1. The van der Waals surface area contributed by atoms with Crippen LogP contribution in [0.1, 0.15) is 0 Å². The van der Waals surface area contributed by atoms with Gasteiger partial charge < -0.3 is 4.90 Å². The first-order valence-electron chi connectivity index (χ1n) is 19.7. The van der Waals surface area contributed by atoms with Crippen molar-refractivity contribution >= 4 is 76.3 Å². The molecule has 1 aliphatic heterocycles. The van der Waals surface area contributed by atoms with E-state index in [0.29, 0.717) is 17.6 Å². The maximum absolute atomic E-state index is 5.13. The Morgan fingerprint density at radius 1 is 0.373 bits per heavy atom. The highest BCUT2D eigenvalue weighted by Gasteiger charge is 2.28. The van der Waals surface area contributed by atoms with Gasteiger partial charge in [-0.3, -0.25) is 4.57 Å². The summed E-state index contributed by atoms with van der Waals surface area (Å²) in [5.74, 6) is 1.84. The van der Waals surface area contributed by atoms with E-state index in [4.69, 9.17) is 15.0 Å². The Morgan fingerprint density at radius 2 is 0.949 bits per heavy atom. The molecule has 1 aliphatic rings. The van der Waals surface area contributed by atoms with Gasteiger partial charge in [-0.1, -0.05) is 162 Å². The van der Waals surface area contributed by atoms with Gasteiger partial charge in [0.05, 0.1) is 28.1 Å². The van der Waals surface area contributed by atoms with E-state index < -0.39 is 0 Å². The van der Waals surface area contributed by atoms with Crippen molar-refractivity contribution in [3.63, 3.8) is 0 Å². The van der Waals surface area contributed by atoms with Crippen LogP contribution in [-0.4, -0.2) is 19.5 Å². The Labute approximate surface area is 348 Å². The molecule has 0 atom stereocenters. The molecule has 0 saturated heterocycles. The molecule has 11 aromatic rings. The molecule has 9 aromatic carbocycles. The van der Waals surface area contributed by atoms with Crippen molar-refractivity contribution in [2.24, 2.45) is 0 Å². The number of anilines is 3. The molecular weight excluding hydrogens is 787 g/mol. The number of halogens is 1. The average molecular weight is 819 g/mol. The molecule has 12 rings (SSSR count). The quantitative estimate of drug-likeness (QED) is 0.174. The van der Waals surface area contributed by atoms with Gasteiger partial charge >= 0.3 is 0 Å². The Kier molecular flexibility index (Phi) is 7.62. The van der Waals surface area contributed by atoms with Gasteiger partial charge in [0.1, 0.15) is 0 Å². The first-order chi connectivity index (χ1) is 29.2. The third-order valence-electron chi connectivity index (χ3n) is 11.6. The van der Waals surface area contributed by atoms with Crippen molar-refractivity contribution < 1.29 is 0 Å². The number of para-hydroxylation sites is 1. The Balaban J connectivity index is 1.05. The third-order valence-corrected chi connectivity index (χ3v) is 12.3. The summed E-state index contributed by atoms with van der Waals surface area (Å²) in [5, 5.41) is 7.12. The zero-order valence-electron chi connectivity index (χ0n) is 31.6. The van der Waals surface area contributed by atoms with Gasteiger partial charge in [0.25, 0.3) is 0 Å². The fourth-order valence-corrected chi connectivity index (χ4v) is 9.56. The third kappa shape index (κ3) is 5.34. The van der Waals surface area contributed by atoms with Gasteiger partial charge in [0.2, 0.25) is 5.95 Å². The second kappa shape index (κ2) is 13.3. The predicted molar refractivity (Wildman–Crippen MR) is 247 cm³/mol. The van der Waals surface area contributed by atoms with Gasteiger partial charge in [0.15, 0.2) is 11.6 Å². The summed E-state index contributed by atoms with van der Waals surface area (Å²) in [6, 6.07) is 68.8. The van der Waals surface area contributed by atoms with Crippen LogP contribution in [0.4, 0.5) is 17.1 Å². The van der Waals surface area contributed by atoms with Crippen molar-refractivity contribution in [1.82, 2.24) is 19.5 Å². The number of fused-ring (bicyclic) bond motifs is 6. The lowest BCUT2D eigenvalue weighted by molar-refractivity contribution is 0.953. The molecule has 0 fully saturated rings. The number of hydrogen-bond donors (Lipinski definition) is 0. The van der Waals surface area contributed by atoms with Crippen molar-refractivity contribution in [3.05, 3.63) is 199 Å². The van der Waals surface area contributed by atoms with Crippen LogP contribution >= 0.6 is 15.9 Å². The average Bonchev–Trinajstić information content (AvgIpc) is 3.63. The van der Waals surface area contributed by atoms with Gasteiger partial charge in [0, 0.05) is 42.7 Å².